The molecule has 2 saturated heterocycles. The van der Waals surface area contributed by atoms with Crippen LogP contribution in [0.3, 0.4) is 0 Å². The molecule has 1 unspecified atom stereocenters. The summed E-state index contributed by atoms with van der Waals surface area (Å²) in [7, 11) is 4.08. The molecule has 6 heteroatoms. The fraction of sp³-hybridized carbons (Fsp3) is 0.857. The third-order valence-corrected chi connectivity index (χ3v) is 4.44. The second-order valence-electron chi connectivity index (χ2n) is 6.11. The molecule has 0 spiro atoms. The molecule has 2 amide bonds. The molecule has 0 aromatic rings. The van der Waals surface area contributed by atoms with Gasteiger partial charge in [0, 0.05) is 32.2 Å². The van der Waals surface area contributed by atoms with Crippen molar-refractivity contribution in [2.75, 3.05) is 40.3 Å². The van der Waals surface area contributed by atoms with Crippen LogP contribution in [-0.2, 0) is 4.79 Å². The zero-order valence-electron chi connectivity index (χ0n) is 12.4. The maximum atomic E-state index is 12.5. The van der Waals surface area contributed by atoms with E-state index in [1.807, 2.05) is 19.0 Å². The Hall–Kier alpha value is -1.30. The number of aliphatic carboxylic acids is 1. The molecule has 2 atom stereocenters. The summed E-state index contributed by atoms with van der Waals surface area (Å²) in [4.78, 5) is 29.4. The Morgan fingerprint density at radius 1 is 1.05 bits per heavy atom. The lowest BCUT2D eigenvalue weighted by atomic mass is 9.98. The van der Waals surface area contributed by atoms with Crippen LogP contribution < -0.4 is 0 Å². The van der Waals surface area contributed by atoms with Crippen LogP contribution in [0.1, 0.15) is 25.7 Å². The highest BCUT2D eigenvalue weighted by Crippen LogP contribution is 2.20. The average molecular weight is 283 g/mol. The molecule has 2 aliphatic heterocycles. The second kappa shape index (κ2) is 6.43. The van der Waals surface area contributed by atoms with Gasteiger partial charge in [0.05, 0.1) is 5.92 Å². The first-order valence-electron chi connectivity index (χ1n) is 7.42. The van der Waals surface area contributed by atoms with Crippen LogP contribution in [0.5, 0.6) is 0 Å². The van der Waals surface area contributed by atoms with Gasteiger partial charge in [-0.05, 0) is 39.8 Å². The van der Waals surface area contributed by atoms with Crippen LogP contribution in [0.15, 0.2) is 0 Å². The van der Waals surface area contributed by atoms with Gasteiger partial charge in [0.1, 0.15) is 0 Å². The van der Waals surface area contributed by atoms with Crippen molar-refractivity contribution < 1.29 is 14.7 Å². The van der Waals surface area contributed by atoms with E-state index in [0.29, 0.717) is 25.6 Å². The van der Waals surface area contributed by atoms with Crippen LogP contribution in [0.25, 0.3) is 0 Å². The highest BCUT2D eigenvalue weighted by Gasteiger charge is 2.32. The molecule has 0 bridgehead atoms. The number of nitrogens with zero attached hydrogens (tertiary/aromatic N) is 3. The largest absolute Gasteiger partial charge is 0.481 e. The first-order chi connectivity index (χ1) is 9.49. The number of carbonyl (C=O) groups excluding carboxylic acids is 1. The van der Waals surface area contributed by atoms with Crippen molar-refractivity contribution in [3.63, 3.8) is 0 Å². The Labute approximate surface area is 120 Å². The fourth-order valence-corrected chi connectivity index (χ4v) is 3.10. The molecule has 20 heavy (non-hydrogen) atoms. The number of hydrogen-bond donors (Lipinski definition) is 1. The van der Waals surface area contributed by atoms with E-state index in [9.17, 15) is 9.59 Å². The lowest BCUT2D eigenvalue weighted by Crippen LogP contribution is -2.54. The lowest BCUT2D eigenvalue weighted by molar-refractivity contribution is -0.143. The summed E-state index contributed by atoms with van der Waals surface area (Å²) in [5.74, 6) is -1.19. The van der Waals surface area contributed by atoms with Crippen LogP contribution >= 0.6 is 0 Å². The average Bonchev–Trinajstić information content (AvgIpc) is 2.46. The maximum Gasteiger partial charge on any atom is 0.320 e. The van der Waals surface area contributed by atoms with Crippen LogP contribution in [-0.4, -0.2) is 78.1 Å². The number of carbonyl (C=O) groups is 2. The minimum absolute atomic E-state index is 0.0162. The number of likely N-dealkylation sites (N-methyl/N-ethyl adjacent to an activating group) is 1. The van der Waals surface area contributed by atoms with Crippen LogP contribution in [0, 0.1) is 5.92 Å². The SMILES string of the molecule is CN(C)C1CCCN(C(=O)N2CCC[C@H](C(=O)O)C2)C1. The molecule has 2 aliphatic rings. The topological polar surface area (TPSA) is 64.1 Å². The summed E-state index contributed by atoms with van der Waals surface area (Å²) in [6, 6.07) is 0.426. The van der Waals surface area contributed by atoms with Crippen molar-refractivity contribution in [3.05, 3.63) is 0 Å². The molecule has 0 aliphatic carbocycles. The number of urea groups is 1. The van der Waals surface area contributed by atoms with E-state index < -0.39 is 11.9 Å². The Balaban J connectivity index is 1.94. The first kappa shape index (κ1) is 15.1. The number of carboxylic acids is 1. The standard InChI is InChI=1S/C14H25N3O3/c1-15(2)12-6-4-8-17(10-12)14(20)16-7-3-5-11(9-16)13(18)19/h11-12H,3-10H2,1-2H3,(H,18,19)/t11-,12?/m0/s1. The van der Waals surface area contributed by atoms with Gasteiger partial charge in [-0.2, -0.15) is 0 Å². The summed E-state index contributed by atoms with van der Waals surface area (Å²) < 4.78 is 0. The third kappa shape index (κ3) is 3.42. The second-order valence-corrected chi connectivity index (χ2v) is 6.11. The van der Waals surface area contributed by atoms with Gasteiger partial charge in [-0.15, -0.1) is 0 Å². The predicted molar refractivity (Wildman–Crippen MR) is 75.6 cm³/mol. The van der Waals surface area contributed by atoms with Gasteiger partial charge < -0.3 is 19.8 Å². The fourth-order valence-electron chi connectivity index (χ4n) is 3.10. The number of amides is 2. The molecule has 0 saturated carbocycles. The minimum atomic E-state index is -0.785. The summed E-state index contributed by atoms with van der Waals surface area (Å²) in [6.45, 7) is 2.58. The molecule has 2 rings (SSSR count). The molecule has 6 nitrogen and oxygen atoms in total. The monoisotopic (exact) mass is 283 g/mol. The molecule has 0 aromatic carbocycles. The number of piperidine rings is 2. The summed E-state index contributed by atoms with van der Waals surface area (Å²) in [5, 5.41) is 9.10. The van der Waals surface area contributed by atoms with Crippen molar-refractivity contribution in [2.24, 2.45) is 5.92 Å². The predicted octanol–water partition coefficient (Wildman–Crippen LogP) is 0.929. The zero-order chi connectivity index (χ0) is 14.7. The zero-order valence-corrected chi connectivity index (χ0v) is 12.4. The molecule has 2 heterocycles. The third-order valence-electron chi connectivity index (χ3n) is 4.44. The van der Waals surface area contributed by atoms with Gasteiger partial charge in [-0.25, -0.2) is 4.79 Å². The Morgan fingerprint density at radius 3 is 2.25 bits per heavy atom. The van der Waals surface area contributed by atoms with E-state index >= 15 is 0 Å². The Bertz CT molecular complexity index is 373. The molecular weight excluding hydrogens is 258 g/mol. The summed E-state index contributed by atoms with van der Waals surface area (Å²) in [5.41, 5.74) is 0. The molecule has 0 aromatic heterocycles. The van der Waals surface area contributed by atoms with E-state index in [1.165, 1.54) is 0 Å². The Kier molecular flexibility index (Phi) is 4.86. The van der Waals surface area contributed by atoms with Crippen molar-refractivity contribution in [1.29, 1.82) is 0 Å². The molecular formula is C14H25N3O3. The normalized spacial score (nSPS) is 27.8. The van der Waals surface area contributed by atoms with Crippen LogP contribution in [0.2, 0.25) is 0 Å². The van der Waals surface area contributed by atoms with Gasteiger partial charge in [-0.3, -0.25) is 4.79 Å². The molecule has 1 N–H and O–H groups in total. The number of hydrogen-bond acceptors (Lipinski definition) is 3. The Morgan fingerprint density at radius 2 is 1.65 bits per heavy atom. The molecule has 2 fully saturated rings. The van der Waals surface area contributed by atoms with Crippen molar-refractivity contribution in [1.82, 2.24) is 14.7 Å². The van der Waals surface area contributed by atoms with E-state index in [0.717, 1.165) is 32.4 Å². The lowest BCUT2D eigenvalue weighted by Gasteiger charge is -2.40. The molecule has 114 valence electrons. The maximum absolute atomic E-state index is 12.5. The minimum Gasteiger partial charge on any atom is -0.481 e. The summed E-state index contributed by atoms with van der Waals surface area (Å²) in [6.07, 6.45) is 3.60. The van der Waals surface area contributed by atoms with E-state index in [2.05, 4.69) is 4.90 Å². The van der Waals surface area contributed by atoms with Crippen LogP contribution in [0.4, 0.5) is 4.79 Å². The quantitative estimate of drug-likeness (QED) is 0.819. The highest BCUT2D eigenvalue weighted by molar-refractivity contribution is 5.76. The van der Waals surface area contributed by atoms with Gasteiger partial charge >= 0.3 is 12.0 Å². The van der Waals surface area contributed by atoms with Gasteiger partial charge in [0.2, 0.25) is 0 Å². The van der Waals surface area contributed by atoms with Gasteiger partial charge in [-0.1, -0.05) is 0 Å². The first-order valence-corrected chi connectivity index (χ1v) is 7.42. The van der Waals surface area contributed by atoms with Gasteiger partial charge in [0.15, 0.2) is 0 Å². The smallest absolute Gasteiger partial charge is 0.320 e. The van der Waals surface area contributed by atoms with Crippen molar-refractivity contribution in [2.45, 2.75) is 31.7 Å². The number of likely N-dealkylation sites (tertiary alicyclic amines) is 2. The highest BCUT2D eigenvalue weighted by atomic mass is 16.4. The van der Waals surface area contributed by atoms with E-state index in [-0.39, 0.29) is 6.03 Å². The van der Waals surface area contributed by atoms with Crippen molar-refractivity contribution in [3.8, 4) is 0 Å². The number of rotatable bonds is 2. The molecule has 0 radical (unpaired) electrons. The van der Waals surface area contributed by atoms with Gasteiger partial charge in [0.25, 0.3) is 0 Å². The summed E-state index contributed by atoms with van der Waals surface area (Å²) >= 11 is 0. The number of carboxylic acid groups (broad SMARTS) is 1. The van der Waals surface area contributed by atoms with E-state index in [1.54, 1.807) is 4.90 Å². The van der Waals surface area contributed by atoms with Crippen molar-refractivity contribution >= 4 is 12.0 Å². The van der Waals surface area contributed by atoms with E-state index in [4.69, 9.17) is 5.11 Å².